The fourth-order valence-corrected chi connectivity index (χ4v) is 1.90. The molecule has 5 heteroatoms. The van der Waals surface area contributed by atoms with E-state index in [9.17, 15) is 9.59 Å². The lowest BCUT2D eigenvalue weighted by Gasteiger charge is -2.25. The fourth-order valence-electron chi connectivity index (χ4n) is 1.90. The quantitative estimate of drug-likeness (QED) is 0.596. The molecule has 5 nitrogen and oxygen atoms in total. The first-order valence-corrected chi connectivity index (χ1v) is 6.95. The lowest BCUT2D eigenvalue weighted by Crippen LogP contribution is -2.45. The maximum absolute atomic E-state index is 11.8. The first-order chi connectivity index (χ1) is 8.73. The highest BCUT2D eigenvalue weighted by Gasteiger charge is 2.26. The van der Waals surface area contributed by atoms with Gasteiger partial charge in [0.25, 0.3) is 0 Å². The molecular formula is C14H28N2O3. The smallest absolute Gasteiger partial charge is 0.326 e. The summed E-state index contributed by atoms with van der Waals surface area (Å²) in [5.74, 6) is -1.24. The zero-order valence-electron chi connectivity index (χ0n) is 12.5. The molecule has 0 saturated heterocycles. The predicted octanol–water partition coefficient (Wildman–Crippen LogP) is 1.76. The summed E-state index contributed by atoms with van der Waals surface area (Å²) in [7, 11) is 0. The van der Waals surface area contributed by atoms with Crippen molar-refractivity contribution in [3.63, 3.8) is 0 Å². The number of nitrogens with one attached hydrogen (secondary N) is 1. The van der Waals surface area contributed by atoms with Crippen LogP contribution in [-0.4, -0.2) is 29.6 Å². The Labute approximate surface area is 115 Å². The number of hydrogen-bond donors (Lipinski definition) is 3. The van der Waals surface area contributed by atoms with Crippen LogP contribution in [0.15, 0.2) is 0 Å². The van der Waals surface area contributed by atoms with Crippen molar-refractivity contribution in [2.75, 3.05) is 6.54 Å². The third kappa shape index (κ3) is 7.15. The summed E-state index contributed by atoms with van der Waals surface area (Å²) in [6.45, 7) is 8.47. The van der Waals surface area contributed by atoms with E-state index in [0.717, 1.165) is 12.8 Å². The lowest BCUT2D eigenvalue weighted by molar-refractivity contribution is -0.143. The van der Waals surface area contributed by atoms with Gasteiger partial charge in [-0.25, -0.2) is 4.79 Å². The van der Waals surface area contributed by atoms with Crippen molar-refractivity contribution in [2.45, 2.75) is 59.4 Å². The average molecular weight is 272 g/mol. The van der Waals surface area contributed by atoms with Crippen LogP contribution >= 0.6 is 0 Å². The van der Waals surface area contributed by atoms with Crippen LogP contribution in [-0.2, 0) is 9.59 Å². The standard InChI is InChI=1S/C14H28N2O3/c1-5-10(2)12(13(18)19)16-11(17)6-7-14(3,4)8-9-15/h10,12H,5-9,15H2,1-4H3,(H,16,17)(H,18,19). The normalized spacial score (nSPS) is 14.8. The van der Waals surface area contributed by atoms with E-state index in [1.54, 1.807) is 0 Å². The summed E-state index contributed by atoms with van der Waals surface area (Å²) in [4.78, 5) is 22.9. The highest BCUT2D eigenvalue weighted by molar-refractivity contribution is 5.83. The summed E-state index contributed by atoms with van der Waals surface area (Å²) in [6, 6.07) is -0.796. The molecular weight excluding hydrogens is 244 g/mol. The first-order valence-electron chi connectivity index (χ1n) is 6.95. The van der Waals surface area contributed by atoms with Crippen LogP contribution in [0.4, 0.5) is 0 Å². The van der Waals surface area contributed by atoms with Crippen LogP contribution in [0.25, 0.3) is 0 Å². The van der Waals surface area contributed by atoms with Crippen LogP contribution in [0, 0.1) is 11.3 Å². The van der Waals surface area contributed by atoms with Gasteiger partial charge in [-0.3, -0.25) is 4.79 Å². The molecule has 0 aromatic heterocycles. The van der Waals surface area contributed by atoms with Crippen molar-refractivity contribution in [1.29, 1.82) is 0 Å². The number of carbonyl (C=O) groups excluding carboxylic acids is 1. The molecule has 0 aliphatic heterocycles. The monoisotopic (exact) mass is 272 g/mol. The van der Waals surface area contributed by atoms with Crippen molar-refractivity contribution >= 4 is 11.9 Å². The SMILES string of the molecule is CCC(C)C(NC(=O)CCC(C)(C)CCN)C(=O)O. The van der Waals surface area contributed by atoms with E-state index < -0.39 is 12.0 Å². The Hall–Kier alpha value is -1.10. The average Bonchev–Trinajstić information content (AvgIpc) is 2.32. The number of amides is 1. The third-order valence-corrected chi connectivity index (χ3v) is 3.65. The predicted molar refractivity (Wildman–Crippen MR) is 75.7 cm³/mol. The van der Waals surface area contributed by atoms with E-state index in [2.05, 4.69) is 19.2 Å². The molecule has 1 amide bonds. The highest BCUT2D eigenvalue weighted by atomic mass is 16.4. The number of rotatable bonds is 9. The number of hydrogen-bond acceptors (Lipinski definition) is 3. The van der Waals surface area contributed by atoms with E-state index >= 15 is 0 Å². The second kappa shape index (κ2) is 8.15. The van der Waals surface area contributed by atoms with Gasteiger partial charge in [0.15, 0.2) is 0 Å². The van der Waals surface area contributed by atoms with Crippen LogP contribution in [0.5, 0.6) is 0 Å². The molecule has 0 aliphatic rings. The Balaban J connectivity index is 4.32. The molecule has 0 aromatic carbocycles. The molecule has 2 atom stereocenters. The van der Waals surface area contributed by atoms with Gasteiger partial charge in [-0.05, 0) is 30.7 Å². The molecule has 0 aromatic rings. The number of nitrogens with two attached hydrogens (primary N) is 1. The molecule has 19 heavy (non-hydrogen) atoms. The van der Waals surface area contributed by atoms with E-state index in [-0.39, 0.29) is 17.2 Å². The zero-order chi connectivity index (χ0) is 15.1. The van der Waals surface area contributed by atoms with Gasteiger partial charge in [0.05, 0.1) is 0 Å². The summed E-state index contributed by atoms with van der Waals surface area (Å²) in [5, 5.41) is 11.7. The lowest BCUT2D eigenvalue weighted by atomic mass is 9.84. The molecule has 0 spiro atoms. The van der Waals surface area contributed by atoms with Crippen molar-refractivity contribution < 1.29 is 14.7 Å². The van der Waals surface area contributed by atoms with E-state index in [1.807, 2.05) is 13.8 Å². The van der Waals surface area contributed by atoms with Gasteiger partial charge in [-0.15, -0.1) is 0 Å². The third-order valence-electron chi connectivity index (χ3n) is 3.65. The summed E-state index contributed by atoms with van der Waals surface area (Å²) < 4.78 is 0. The van der Waals surface area contributed by atoms with Gasteiger partial charge in [0, 0.05) is 6.42 Å². The fraction of sp³-hybridized carbons (Fsp3) is 0.857. The van der Waals surface area contributed by atoms with E-state index in [1.165, 1.54) is 0 Å². The van der Waals surface area contributed by atoms with Crippen LogP contribution in [0.2, 0.25) is 0 Å². The number of carbonyl (C=O) groups is 2. The maximum Gasteiger partial charge on any atom is 0.326 e. The van der Waals surface area contributed by atoms with Gasteiger partial charge >= 0.3 is 5.97 Å². The Morgan fingerprint density at radius 1 is 1.32 bits per heavy atom. The van der Waals surface area contributed by atoms with Gasteiger partial charge in [0.2, 0.25) is 5.91 Å². The minimum absolute atomic E-state index is 0.0151. The molecule has 0 bridgehead atoms. The second-order valence-corrected chi connectivity index (χ2v) is 5.97. The number of aliphatic carboxylic acids is 1. The summed E-state index contributed by atoms with van der Waals surface area (Å²) in [6.07, 6.45) is 2.63. The van der Waals surface area contributed by atoms with Crippen molar-refractivity contribution in [2.24, 2.45) is 17.1 Å². The van der Waals surface area contributed by atoms with Gasteiger partial charge in [-0.2, -0.15) is 0 Å². The Morgan fingerprint density at radius 2 is 1.89 bits per heavy atom. The number of carboxylic acids is 1. The minimum Gasteiger partial charge on any atom is -0.480 e. The molecule has 0 fully saturated rings. The highest BCUT2D eigenvalue weighted by Crippen LogP contribution is 2.25. The largest absolute Gasteiger partial charge is 0.480 e. The molecule has 2 unspecified atom stereocenters. The Kier molecular flexibility index (Phi) is 7.68. The molecule has 0 heterocycles. The topological polar surface area (TPSA) is 92.4 Å². The molecule has 0 radical (unpaired) electrons. The molecule has 112 valence electrons. The van der Waals surface area contributed by atoms with Gasteiger partial charge < -0.3 is 16.2 Å². The van der Waals surface area contributed by atoms with Crippen LogP contribution in [0.3, 0.4) is 0 Å². The summed E-state index contributed by atoms with van der Waals surface area (Å²) >= 11 is 0. The molecule has 0 rings (SSSR count). The van der Waals surface area contributed by atoms with Crippen LogP contribution in [0.1, 0.15) is 53.4 Å². The second-order valence-electron chi connectivity index (χ2n) is 5.97. The van der Waals surface area contributed by atoms with Crippen molar-refractivity contribution in [3.8, 4) is 0 Å². The van der Waals surface area contributed by atoms with E-state index in [0.29, 0.717) is 19.4 Å². The van der Waals surface area contributed by atoms with Crippen LogP contribution < -0.4 is 11.1 Å². The molecule has 4 N–H and O–H groups in total. The summed E-state index contributed by atoms with van der Waals surface area (Å²) in [5.41, 5.74) is 5.54. The maximum atomic E-state index is 11.8. The van der Waals surface area contributed by atoms with Gasteiger partial charge in [-0.1, -0.05) is 34.1 Å². The zero-order valence-corrected chi connectivity index (χ0v) is 12.5. The number of carboxylic acid groups (broad SMARTS) is 1. The minimum atomic E-state index is -0.969. The van der Waals surface area contributed by atoms with E-state index in [4.69, 9.17) is 10.8 Å². The molecule has 0 saturated carbocycles. The first kappa shape index (κ1) is 17.9. The molecule has 0 aliphatic carbocycles. The van der Waals surface area contributed by atoms with Crippen molar-refractivity contribution in [3.05, 3.63) is 0 Å². The Bertz CT molecular complexity index is 303. The van der Waals surface area contributed by atoms with Crippen molar-refractivity contribution in [1.82, 2.24) is 5.32 Å². The Morgan fingerprint density at radius 3 is 2.32 bits per heavy atom. The van der Waals surface area contributed by atoms with Gasteiger partial charge in [0.1, 0.15) is 6.04 Å².